The molecule has 0 fully saturated rings. The predicted octanol–water partition coefficient (Wildman–Crippen LogP) is 4.09. The van der Waals surface area contributed by atoms with Crippen LogP contribution in [0.4, 0.5) is 5.69 Å². The first-order valence-corrected chi connectivity index (χ1v) is 9.70. The highest BCUT2D eigenvalue weighted by atomic mass is 35.5. The summed E-state index contributed by atoms with van der Waals surface area (Å²) in [7, 11) is -1.36. The summed E-state index contributed by atoms with van der Waals surface area (Å²) in [6.45, 7) is 0. The standard InChI is InChI=1S/C19H16ClNO5S/c1-25-16-10-9-13(19(22)26-2)11-15(16)21-27(23,24)17-8-4-6-12-5-3-7-14(20)18(12)17/h3-11,21H,1-2H3. The van der Waals surface area contributed by atoms with Gasteiger partial charge in [-0.15, -0.1) is 0 Å². The molecule has 0 aliphatic carbocycles. The fourth-order valence-electron chi connectivity index (χ4n) is 2.72. The maximum Gasteiger partial charge on any atom is 0.337 e. The van der Waals surface area contributed by atoms with Gasteiger partial charge in [-0.3, -0.25) is 4.72 Å². The van der Waals surface area contributed by atoms with E-state index in [1.165, 1.54) is 38.5 Å². The lowest BCUT2D eigenvalue weighted by Crippen LogP contribution is -2.15. The monoisotopic (exact) mass is 405 g/mol. The topological polar surface area (TPSA) is 81.7 Å². The van der Waals surface area contributed by atoms with Crippen LogP contribution in [0.15, 0.2) is 59.5 Å². The Labute approximate surface area is 161 Å². The summed E-state index contributed by atoms with van der Waals surface area (Å²) in [6, 6.07) is 14.4. The number of ether oxygens (including phenoxy) is 2. The molecule has 0 radical (unpaired) electrons. The summed E-state index contributed by atoms with van der Waals surface area (Å²) in [4.78, 5) is 11.8. The molecule has 0 saturated heterocycles. The van der Waals surface area contributed by atoms with E-state index in [-0.39, 0.29) is 21.9 Å². The van der Waals surface area contributed by atoms with Gasteiger partial charge in [0, 0.05) is 10.4 Å². The lowest BCUT2D eigenvalue weighted by Gasteiger charge is -2.14. The minimum atomic E-state index is -4.01. The second-order valence-corrected chi connectivity index (χ2v) is 7.66. The molecular formula is C19H16ClNO5S. The Hall–Kier alpha value is -2.77. The van der Waals surface area contributed by atoms with Crippen molar-refractivity contribution in [1.82, 2.24) is 0 Å². The average molecular weight is 406 g/mol. The highest BCUT2D eigenvalue weighted by Crippen LogP contribution is 2.33. The predicted molar refractivity (Wildman–Crippen MR) is 104 cm³/mol. The van der Waals surface area contributed by atoms with Gasteiger partial charge in [0.25, 0.3) is 10.0 Å². The molecule has 1 N–H and O–H groups in total. The largest absolute Gasteiger partial charge is 0.495 e. The van der Waals surface area contributed by atoms with Crippen LogP contribution < -0.4 is 9.46 Å². The van der Waals surface area contributed by atoms with Gasteiger partial charge in [-0.1, -0.05) is 35.9 Å². The van der Waals surface area contributed by atoms with E-state index in [4.69, 9.17) is 16.3 Å². The van der Waals surface area contributed by atoms with Crippen LogP contribution in [0.5, 0.6) is 5.75 Å². The van der Waals surface area contributed by atoms with Crippen molar-refractivity contribution in [3.63, 3.8) is 0 Å². The van der Waals surface area contributed by atoms with E-state index >= 15 is 0 Å². The molecule has 0 atom stereocenters. The highest BCUT2D eigenvalue weighted by molar-refractivity contribution is 7.93. The molecule has 27 heavy (non-hydrogen) atoms. The number of carbonyl (C=O) groups is 1. The first-order chi connectivity index (χ1) is 12.9. The van der Waals surface area contributed by atoms with E-state index < -0.39 is 16.0 Å². The number of anilines is 1. The van der Waals surface area contributed by atoms with E-state index in [1.807, 2.05) is 0 Å². The van der Waals surface area contributed by atoms with Crippen molar-refractivity contribution >= 4 is 44.1 Å². The second-order valence-electron chi connectivity index (χ2n) is 5.61. The Bertz CT molecular complexity index is 1120. The van der Waals surface area contributed by atoms with Crippen molar-refractivity contribution in [2.24, 2.45) is 0 Å². The average Bonchev–Trinajstić information content (AvgIpc) is 2.66. The number of fused-ring (bicyclic) bond motifs is 1. The molecule has 0 bridgehead atoms. The lowest BCUT2D eigenvalue weighted by molar-refractivity contribution is 0.0600. The van der Waals surface area contributed by atoms with Gasteiger partial charge in [0.15, 0.2) is 0 Å². The Kier molecular flexibility index (Phi) is 5.25. The Morgan fingerprint density at radius 2 is 1.74 bits per heavy atom. The molecule has 0 heterocycles. The lowest BCUT2D eigenvalue weighted by atomic mass is 10.1. The molecule has 3 aromatic rings. The van der Waals surface area contributed by atoms with Gasteiger partial charge in [0.2, 0.25) is 0 Å². The second kappa shape index (κ2) is 7.46. The molecule has 0 aliphatic heterocycles. The number of hydrogen-bond acceptors (Lipinski definition) is 5. The summed E-state index contributed by atoms with van der Waals surface area (Å²) in [5.74, 6) is -0.330. The van der Waals surface area contributed by atoms with Gasteiger partial charge in [-0.2, -0.15) is 0 Å². The van der Waals surface area contributed by atoms with Crippen LogP contribution in [-0.2, 0) is 14.8 Å². The van der Waals surface area contributed by atoms with Crippen molar-refractivity contribution < 1.29 is 22.7 Å². The van der Waals surface area contributed by atoms with Gasteiger partial charge in [-0.05, 0) is 35.7 Å². The van der Waals surface area contributed by atoms with E-state index in [2.05, 4.69) is 9.46 Å². The number of halogens is 1. The van der Waals surface area contributed by atoms with Crippen molar-refractivity contribution in [1.29, 1.82) is 0 Å². The third kappa shape index (κ3) is 3.70. The van der Waals surface area contributed by atoms with Crippen LogP contribution >= 0.6 is 11.6 Å². The molecule has 0 aromatic heterocycles. The van der Waals surface area contributed by atoms with Gasteiger partial charge in [0.05, 0.1) is 30.4 Å². The van der Waals surface area contributed by atoms with E-state index in [9.17, 15) is 13.2 Å². The fraction of sp³-hybridized carbons (Fsp3) is 0.105. The molecule has 3 aromatic carbocycles. The summed E-state index contributed by atoms with van der Waals surface area (Å²) in [5, 5.41) is 1.43. The van der Waals surface area contributed by atoms with E-state index in [1.54, 1.807) is 30.3 Å². The van der Waals surface area contributed by atoms with Crippen molar-refractivity contribution in [3.05, 3.63) is 65.2 Å². The third-order valence-corrected chi connectivity index (χ3v) is 5.69. The summed E-state index contributed by atoms with van der Waals surface area (Å²) in [5.41, 5.74) is 0.302. The molecular weight excluding hydrogens is 390 g/mol. The Morgan fingerprint density at radius 1 is 1.04 bits per heavy atom. The van der Waals surface area contributed by atoms with Crippen LogP contribution in [0.2, 0.25) is 5.02 Å². The Balaban J connectivity index is 2.12. The first-order valence-electron chi connectivity index (χ1n) is 7.84. The van der Waals surface area contributed by atoms with Crippen molar-refractivity contribution in [3.8, 4) is 5.75 Å². The normalized spacial score (nSPS) is 11.2. The summed E-state index contributed by atoms with van der Waals surface area (Å²) in [6.07, 6.45) is 0. The zero-order valence-corrected chi connectivity index (χ0v) is 16.1. The molecule has 0 aliphatic rings. The molecule has 6 nitrogen and oxygen atoms in total. The minimum Gasteiger partial charge on any atom is -0.495 e. The van der Waals surface area contributed by atoms with E-state index in [0.29, 0.717) is 15.8 Å². The molecule has 8 heteroatoms. The number of nitrogens with one attached hydrogen (secondary N) is 1. The fourth-order valence-corrected chi connectivity index (χ4v) is 4.37. The molecule has 0 unspecified atom stereocenters. The molecule has 140 valence electrons. The van der Waals surface area contributed by atoms with Crippen LogP contribution in [0.25, 0.3) is 10.8 Å². The van der Waals surface area contributed by atoms with Crippen LogP contribution in [0.3, 0.4) is 0 Å². The molecule has 0 spiro atoms. The SMILES string of the molecule is COC(=O)c1ccc(OC)c(NS(=O)(=O)c2cccc3cccc(Cl)c23)c1. The zero-order valence-electron chi connectivity index (χ0n) is 14.5. The number of rotatable bonds is 5. The van der Waals surface area contributed by atoms with Crippen LogP contribution in [0.1, 0.15) is 10.4 Å². The van der Waals surface area contributed by atoms with E-state index in [0.717, 1.165) is 0 Å². The highest BCUT2D eigenvalue weighted by Gasteiger charge is 2.21. The van der Waals surface area contributed by atoms with Crippen molar-refractivity contribution in [2.45, 2.75) is 4.90 Å². The number of esters is 1. The smallest absolute Gasteiger partial charge is 0.337 e. The molecule has 3 rings (SSSR count). The van der Waals surface area contributed by atoms with Gasteiger partial charge in [-0.25, -0.2) is 13.2 Å². The van der Waals surface area contributed by atoms with Crippen LogP contribution in [0, 0.1) is 0 Å². The van der Waals surface area contributed by atoms with Gasteiger partial charge in [0.1, 0.15) is 5.75 Å². The minimum absolute atomic E-state index is 0.0242. The van der Waals surface area contributed by atoms with Crippen LogP contribution in [-0.4, -0.2) is 28.6 Å². The number of methoxy groups -OCH3 is 2. The maximum absolute atomic E-state index is 13.0. The quantitative estimate of drug-likeness (QED) is 0.646. The van der Waals surface area contributed by atoms with Gasteiger partial charge < -0.3 is 9.47 Å². The van der Waals surface area contributed by atoms with Crippen molar-refractivity contribution in [2.75, 3.05) is 18.9 Å². The first kappa shape index (κ1) is 19.0. The summed E-state index contributed by atoms with van der Waals surface area (Å²) >= 11 is 6.24. The number of hydrogen-bond donors (Lipinski definition) is 1. The number of benzene rings is 3. The molecule has 0 amide bonds. The number of carbonyl (C=O) groups excluding carboxylic acids is 1. The zero-order chi connectivity index (χ0) is 19.6. The maximum atomic E-state index is 13.0. The third-order valence-electron chi connectivity index (χ3n) is 3.97. The summed E-state index contributed by atoms with van der Waals surface area (Å²) < 4.78 is 38.4. The number of sulfonamides is 1. The molecule has 0 saturated carbocycles. The Morgan fingerprint density at radius 3 is 2.41 bits per heavy atom. The van der Waals surface area contributed by atoms with Gasteiger partial charge >= 0.3 is 5.97 Å².